The van der Waals surface area contributed by atoms with E-state index in [2.05, 4.69) is 5.32 Å². The number of amides is 1. The molecule has 0 aromatic carbocycles. The van der Waals surface area contributed by atoms with Gasteiger partial charge in [0.2, 0.25) is 0 Å². The topological polar surface area (TPSA) is 50.8 Å². The maximum atomic E-state index is 11.9. The van der Waals surface area contributed by atoms with Gasteiger partial charge in [-0.1, -0.05) is 0 Å². The molecule has 1 aliphatic rings. The summed E-state index contributed by atoms with van der Waals surface area (Å²) in [4.78, 5) is 13.7. The van der Waals surface area contributed by atoms with Gasteiger partial charge in [0.15, 0.2) is 0 Å². The standard InChI is InChI=1S/C15H30N2O3/c1-5-17(14(18)20-15(2,3)4)10-7-9-16-12-13-8-6-11-19-13/h13,16H,5-12H2,1-4H3. The van der Waals surface area contributed by atoms with Gasteiger partial charge in [-0.15, -0.1) is 0 Å². The molecule has 0 aromatic rings. The van der Waals surface area contributed by atoms with Gasteiger partial charge in [-0.3, -0.25) is 0 Å². The molecular weight excluding hydrogens is 256 g/mol. The van der Waals surface area contributed by atoms with E-state index in [4.69, 9.17) is 9.47 Å². The largest absolute Gasteiger partial charge is 0.444 e. The third-order valence-corrected chi connectivity index (χ3v) is 3.21. The maximum absolute atomic E-state index is 11.9. The van der Waals surface area contributed by atoms with Crippen LogP contribution in [-0.4, -0.2) is 55.5 Å². The quantitative estimate of drug-likeness (QED) is 0.730. The van der Waals surface area contributed by atoms with E-state index >= 15 is 0 Å². The lowest BCUT2D eigenvalue weighted by molar-refractivity contribution is 0.0257. The van der Waals surface area contributed by atoms with Crippen molar-refractivity contribution in [1.82, 2.24) is 10.2 Å². The highest BCUT2D eigenvalue weighted by Crippen LogP contribution is 2.11. The summed E-state index contributed by atoms with van der Waals surface area (Å²) in [6.45, 7) is 11.8. The fourth-order valence-electron chi connectivity index (χ4n) is 2.17. The van der Waals surface area contributed by atoms with Gasteiger partial charge in [0.1, 0.15) is 5.60 Å². The van der Waals surface area contributed by atoms with E-state index in [-0.39, 0.29) is 6.09 Å². The Morgan fingerprint density at radius 3 is 2.75 bits per heavy atom. The van der Waals surface area contributed by atoms with Crippen molar-refractivity contribution in [3.05, 3.63) is 0 Å². The number of ether oxygens (including phenoxy) is 2. The molecule has 1 aliphatic heterocycles. The summed E-state index contributed by atoms with van der Waals surface area (Å²) in [6, 6.07) is 0. The monoisotopic (exact) mass is 286 g/mol. The second-order valence-corrected chi connectivity index (χ2v) is 6.25. The summed E-state index contributed by atoms with van der Waals surface area (Å²) < 4.78 is 10.9. The second kappa shape index (κ2) is 8.47. The maximum Gasteiger partial charge on any atom is 0.410 e. The summed E-state index contributed by atoms with van der Waals surface area (Å²) >= 11 is 0. The van der Waals surface area contributed by atoms with Crippen molar-refractivity contribution < 1.29 is 14.3 Å². The zero-order valence-corrected chi connectivity index (χ0v) is 13.4. The van der Waals surface area contributed by atoms with Crippen molar-refractivity contribution in [2.24, 2.45) is 0 Å². The molecule has 0 aliphatic carbocycles. The van der Waals surface area contributed by atoms with Crippen LogP contribution in [0.4, 0.5) is 4.79 Å². The molecule has 1 atom stereocenters. The molecule has 5 heteroatoms. The Kier molecular flexibility index (Phi) is 7.30. The van der Waals surface area contributed by atoms with Gasteiger partial charge in [0.05, 0.1) is 6.10 Å². The average molecular weight is 286 g/mol. The second-order valence-electron chi connectivity index (χ2n) is 6.25. The summed E-state index contributed by atoms with van der Waals surface area (Å²) in [6.07, 6.45) is 3.42. The van der Waals surface area contributed by atoms with Crippen molar-refractivity contribution in [3.8, 4) is 0 Å². The Hall–Kier alpha value is -0.810. The molecule has 0 spiro atoms. The molecule has 1 amide bonds. The molecule has 5 nitrogen and oxygen atoms in total. The van der Waals surface area contributed by atoms with Gasteiger partial charge < -0.3 is 19.7 Å². The van der Waals surface area contributed by atoms with E-state index in [1.807, 2.05) is 27.7 Å². The summed E-state index contributed by atoms with van der Waals surface area (Å²) in [7, 11) is 0. The Morgan fingerprint density at radius 2 is 2.20 bits per heavy atom. The molecule has 118 valence electrons. The number of carbonyl (C=O) groups is 1. The van der Waals surface area contributed by atoms with Gasteiger partial charge in [-0.25, -0.2) is 4.79 Å². The van der Waals surface area contributed by atoms with Crippen LogP contribution in [0.15, 0.2) is 0 Å². The minimum Gasteiger partial charge on any atom is -0.444 e. The van der Waals surface area contributed by atoms with E-state index < -0.39 is 5.60 Å². The lowest BCUT2D eigenvalue weighted by atomic mass is 10.2. The lowest BCUT2D eigenvalue weighted by Gasteiger charge is -2.26. The van der Waals surface area contributed by atoms with Crippen molar-refractivity contribution >= 4 is 6.09 Å². The third kappa shape index (κ3) is 7.10. The van der Waals surface area contributed by atoms with Gasteiger partial charge in [0, 0.05) is 26.2 Å². The van der Waals surface area contributed by atoms with Gasteiger partial charge in [-0.2, -0.15) is 0 Å². The third-order valence-electron chi connectivity index (χ3n) is 3.21. The van der Waals surface area contributed by atoms with Crippen LogP contribution in [0.1, 0.15) is 47.0 Å². The Labute approximate surface area is 123 Å². The normalized spacial score (nSPS) is 19.1. The van der Waals surface area contributed by atoms with Crippen molar-refractivity contribution in [2.45, 2.75) is 58.7 Å². The number of hydrogen-bond acceptors (Lipinski definition) is 4. The fraction of sp³-hybridized carbons (Fsp3) is 0.933. The molecule has 1 rings (SSSR count). The predicted molar refractivity (Wildman–Crippen MR) is 79.9 cm³/mol. The minimum absolute atomic E-state index is 0.223. The summed E-state index contributed by atoms with van der Waals surface area (Å²) in [5.41, 5.74) is -0.428. The van der Waals surface area contributed by atoms with Gasteiger partial charge in [-0.05, 0) is 53.5 Å². The van der Waals surface area contributed by atoms with E-state index in [1.165, 1.54) is 6.42 Å². The predicted octanol–water partition coefficient (Wildman–Crippen LogP) is 2.40. The number of nitrogens with zero attached hydrogens (tertiary/aromatic N) is 1. The summed E-state index contributed by atoms with van der Waals surface area (Å²) in [5.74, 6) is 0. The minimum atomic E-state index is -0.428. The van der Waals surface area contributed by atoms with Crippen LogP contribution < -0.4 is 5.32 Å². The van der Waals surface area contributed by atoms with Crippen LogP contribution >= 0.6 is 0 Å². The lowest BCUT2D eigenvalue weighted by Crippen LogP contribution is -2.38. The highest BCUT2D eigenvalue weighted by atomic mass is 16.6. The van der Waals surface area contributed by atoms with Crippen LogP contribution in [0.3, 0.4) is 0 Å². The van der Waals surface area contributed by atoms with E-state index in [0.29, 0.717) is 12.6 Å². The first-order valence-corrected chi connectivity index (χ1v) is 7.72. The van der Waals surface area contributed by atoms with Crippen molar-refractivity contribution in [2.75, 3.05) is 32.8 Å². The first kappa shape index (κ1) is 17.2. The molecule has 1 N–H and O–H groups in total. The highest BCUT2D eigenvalue weighted by molar-refractivity contribution is 5.68. The van der Waals surface area contributed by atoms with E-state index in [1.54, 1.807) is 4.90 Å². The van der Waals surface area contributed by atoms with Crippen LogP contribution in [0, 0.1) is 0 Å². The molecule has 20 heavy (non-hydrogen) atoms. The van der Waals surface area contributed by atoms with E-state index in [9.17, 15) is 4.79 Å². The van der Waals surface area contributed by atoms with Gasteiger partial charge in [0.25, 0.3) is 0 Å². The average Bonchev–Trinajstić information content (AvgIpc) is 2.84. The molecular formula is C15H30N2O3. The van der Waals surface area contributed by atoms with Crippen molar-refractivity contribution in [3.63, 3.8) is 0 Å². The zero-order chi connectivity index (χ0) is 15.0. The Morgan fingerprint density at radius 1 is 1.45 bits per heavy atom. The molecule has 1 fully saturated rings. The molecule has 0 saturated carbocycles. The smallest absolute Gasteiger partial charge is 0.410 e. The summed E-state index contributed by atoms with van der Waals surface area (Å²) in [5, 5.41) is 3.39. The number of hydrogen-bond donors (Lipinski definition) is 1. The van der Waals surface area contributed by atoms with E-state index in [0.717, 1.165) is 39.1 Å². The van der Waals surface area contributed by atoms with Crippen molar-refractivity contribution in [1.29, 1.82) is 0 Å². The fourth-order valence-corrected chi connectivity index (χ4v) is 2.17. The molecule has 0 radical (unpaired) electrons. The molecule has 1 unspecified atom stereocenters. The highest BCUT2D eigenvalue weighted by Gasteiger charge is 2.20. The number of rotatable bonds is 7. The van der Waals surface area contributed by atoms with Crippen LogP contribution in [0.2, 0.25) is 0 Å². The molecule has 0 aromatic heterocycles. The first-order valence-electron chi connectivity index (χ1n) is 7.72. The van der Waals surface area contributed by atoms with Crippen LogP contribution in [0.25, 0.3) is 0 Å². The Balaban J connectivity index is 2.12. The molecule has 0 bridgehead atoms. The van der Waals surface area contributed by atoms with Crippen LogP contribution in [0.5, 0.6) is 0 Å². The Bertz CT molecular complexity index is 283. The SMILES string of the molecule is CCN(CCCNCC1CCCO1)C(=O)OC(C)(C)C. The number of carbonyl (C=O) groups excluding carboxylic acids is 1. The first-order chi connectivity index (χ1) is 9.42. The van der Waals surface area contributed by atoms with Crippen LogP contribution in [-0.2, 0) is 9.47 Å². The zero-order valence-electron chi connectivity index (χ0n) is 13.4. The number of nitrogens with one attached hydrogen (secondary N) is 1. The molecule has 1 saturated heterocycles. The molecule has 1 heterocycles. The van der Waals surface area contributed by atoms with Gasteiger partial charge >= 0.3 is 6.09 Å².